The van der Waals surface area contributed by atoms with Crippen LogP contribution in [0.4, 0.5) is 0 Å². The van der Waals surface area contributed by atoms with Gasteiger partial charge in [-0.3, -0.25) is 14.9 Å². The Balaban J connectivity index is 0.00000180. The molecule has 0 bridgehead atoms. The van der Waals surface area contributed by atoms with Crippen molar-refractivity contribution in [2.45, 2.75) is 53.4 Å². The molecule has 11 nitrogen and oxygen atoms in total. The Labute approximate surface area is 296 Å². The first-order valence-corrected chi connectivity index (χ1v) is 12.6. The molecule has 2 aromatic rings. The molecule has 5 atom stereocenters. The van der Waals surface area contributed by atoms with Crippen LogP contribution in [-0.2, 0) is 24.5 Å². The van der Waals surface area contributed by atoms with E-state index in [0.29, 0.717) is 5.56 Å². The van der Waals surface area contributed by atoms with Gasteiger partial charge in [0, 0.05) is 4.75 Å². The standard InChI is InChI=1S/C21H21N3O8S2.2K/c1-21(2)15(20(27)28)24-18(26)14(19(24)33-21)23-16(11-8-9-12(32-11)34(29,30)31)22-13(17(23)25)10-6-4-3-5-7-10;;/h3-9,13-16,19,22H,1-2H3,(H,27,28)(H,29,30,31);;/q;2*+1/p-2/t13?,14-,15+,16?,19-;;/m1../s1. The van der Waals surface area contributed by atoms with Gasteiger partial charge < -0.3 is 28.7 Å². The fourth-order valence-corrected chi connectivity index (χ4v) is 6.94. The SMILES string of the molecule is CC1(C)S[C@@H]2[C@H](N3C(=O)C(c4ccccc4)NC3c3ccc(S(=O)(=O)[O-])o3)C(=O)N2[C@H]1C(=O)[O-].[K+].[K+]. The molecule has 1 aromatic heterocycles. The number of carbonyl (C=O) groups is 3. The molecular weight excluding hydrogens is 565 g/mol. The third-order valence-corrected chi connectivity index (χ3v) is 8.56. The van der Waals surface area contributed by atoms with E-state index in [9.17, 15) is 32.5 Å². The molecule has 1 N–H and O–H groups in total. The van der Waals surface area contributed by atoms with Crippen molar-refractivity contribution in [3.05, 3.63) is 53.8 Å². The molecule has 3 saturated heterocycles. The van der Waals surface area contributed by atoms with Crippen LogP contribution < -0.4 is 113 Å². The van der Waals surface area contributed by atoms with Gasteiger partial charge in [0.1, 0.15) is 29.4 Å². The van der Waals surface area contributed by atoms with Crippen LogP contribution in [0.2, 0.25) is 0 Å². The number of furan rings is 1. The van der Waals surface area contributed by atoms with Crippen molar-refractivity contribution in [1.82, 2.24) is 15.1 Å². The Bertz CT molecular complexity index is 1300. The molecule has 0 spiro atoms. The topological polar surface area (TPSA) is 163 Å². The number of fused-ring (bicyclic) bond motifs is 1. The predicted octanol–water partition coefficient (Wildman–Crippen LogP) is -6.46. The summed E-state index contributed by atoms with van der Waals surface area (Å²) in [5.74, 6) is -2.44. The average molecular weight is 584 g/mol. The molecule has 2 amide bonds. The van der Waals surface area contributed by atoms with E-state index in [2.05, 4.69) is 5.32 Å². The predicted molar refractivity (Wildman–Crippen MR) is 113 cm³/mol. The summed E-state index contributed by atoms with van der Waals surface area (Å²) >= 11 is 1.24. The Morgan fingerprint density at radius 2 is 1.69 bits per heavy atom. The maximum atomic E-state index is 13.6. The number of thioether (sulfide) groups is 1. The molecule has 0 aliphatic carbocycles. The summed E-state index contributed by atoms with van der Waals surface area (Å²) in [4.78, 5) is 41.0. The first kappa shape index (κ1) is 30.9. The number of amides is 2. The number of β-lactam (4-membered cyclic amide) rings is 1. The van der Waals surface area contributed by atoms with Crippen molar-refractivity contribution in [3.63, 3.8) is 0 Å². The number of hydrogen-bond acceptors (Lipinski definition) is 10. The molecule has 2 unspecified atom stereocenters. The molecule has 15 heteroatoms. The molecule has 1 aromatic carbocycles. The van der Waals surface area contributed by atoms with Crippen LogP contribution in [-0.4, -0.2) is 62.8 Å². The van der Waals surface area contributed by atoms with Crippen molar-refractivity contribution >= 4 is 39.7 Å². The zero-order valence-electron chi connectivity index (χ0n) is 19.9. The van der Waals surface area contributed by atoms with Crippen LogP contribution in [0.25, 0.3) is 0 Å². The second kappa shape index (κ2) is 11.1. The average Bonchev–Trinajstić information content (AvgIpc) is 3.43. The van der Waals surface area contributed by atoms with Crippen LogP contribution in [0, 0.1) is 0 Å². The molecule has 180 valence electrons. The normalized spacial score (nSPS) is 28.7. The molecule has 0 saturated carbocycles. The number of benzene rings is 1. The molecule has 4 heterocycles. The quantitative estimate of drug-likeness (QED) is 0.203. The molecule has 5 rings (SSSR count). The van der Waals surface area contributed by atoms with Crippen LogP contribution >= 0.6 is 11.8 Å². The number of carbonyl (C=O) groups excluding carboxylic acids is 3. The maximum Gasteiger partial charge on any atom is 1.00 e. The first-order chi connectivity index (χ1) is 15.9. The Hall–Kier alpha value is 0.403. The smallest absolute Gasteiger partial charge is 0.742 e. The monoisotopic (exact) mass is 583 g/mol. The van der Waals surface area contributed by atoms with Crippen molar-refractivity contribution in [1.29, 1.82) is 0 Å². The van der Waals surface area contributed by atoms with Gasteiger partial charge in [-0.25, -0.2) is 8.42 Å². The molecule has 3 aliphatic rings. The van der Waals surface area contributed by atoms with E-state index in [1.807, 2.05) is 0 Å². The molecule has 3 aliphatic heterocycles. The van der Waals surface area contributed by atoms with Crippen molar-refractivity contribution in [2.75, 3.05) is 0 Å². The number of carboxylic acid groups (broad SMARTS) is 1. The van der Waals surface area contributed by atoms with Gasteiger partial charge in [0.2, 0.25) is 16.9 Å². The largest absolute Gasteiger partial charge is 1.00 e. The van der Waals surface area contributed by atoms with Crippen LogP contribution in [0.5, 0.6) is 0 Å². The number of rotatable bonds is 5. The van der Waals surface area contributed by atoms with Crippen LogP contribution in [0.1, 0.15) is 37.4 Å². The number of carboxylic acids is 1. The fraction of sp³-hybridized carbons (Fsp3) is 0.381. The van der Waals surface area contributed by atoms with Gasteiger partial charge in [-0.15, -0.1) is 11.8 Å². The van der Waals surface area contributed by atoms with Crippen molar-refractivity contribution in [2.24, 2.45) is 0 Å². The third kappa shape index (κ3) is 5.14. The first-order valence-electron chi connectivity index (χ1n) is 10.3. The van der Waals surface area contributed by atoms with E-state index < -0.39 is 67.4 Å². The Morgan fingerprint density at radius 3 is 2.25 bits per heavy atom. The Morgan fingerprint density at radius 1 is 1.06 bits per heavy atom. The number of hydrogen-bond donors (Lipinski definition) is 1. The van der Waals surface area contributed by atoms with E-state index in [-0.39, 0.29) is 109 Å². The minimum absolute atomic E-state index is 0. The van der Waals surface area contributed by atoms with E-state index >= 15 is 0 Å². The summed E-state index contributed by atoms with van der Waals surface area (Å²) in [6, 6.07) is 7.90. The van der Waals surface area contributed by atoms with Gasteiger partial charge in [-0.1, -0.05) is 30.3 Å². The molecule has 36 heavy (non-hydrogen) atoms. The number of nitrogens with one attached hydrogen (secondary N) is 1. The van der Waals surface area contributed by atoms with E-state index in [4.69, 9.17) is 4.42 Å². The van der Waals surface area contributed by atoms with Gasteiger partial charge >= 0.3 is 103 Å². The summed E-state index contributed by atoms with van der Waals surface area (Å²) in [5.41, 5.74) is 0.610. The van der Waals surface area contributed by atoms with Crippen molar-refractivity contribution < 1.29 is 140 Å². The maximum absolute atomic E-state index is 13.6. The van der Waals surface area contributed by atoms with Crippen LogP contribution in [0.15, 0.2) is 52.0 Å². The van der Waals surface area contributed by atoms with Gasteiger partial charge in [-0.05, 0) is 31.5 Å². The van der Waals surface area contributed by atoms with E-state index in [0.717, 1.165) is 6.07 Å². The number of aliphatic carboxylic acids is 1. The summed E-state index contributed by atoms with van der Waals surface area (Å²) in [5, 5.41) is 13.4. The minimum Gasteiger partial charge on any atom is -0.742 e. The minimum atomic E-state index is -4.88. The third-order valence-electron chi connectivity index (χ3n) is 6.29. The zero-order valence-corrected chi connectivity index (χ0v) is 27.8. The summed E-state index contributed by atoms with van der Waals surface area (Å²) in [6.07, 6.45) is -1.06. The van der Waals surface area contributed by atoms with Crippen LogP contribution in [0.3, 0.4) is 0 Å². The fourth-order valence-electron chi connectivity index (χ4n) is 4.83. The second-order valence-electron chi connectivity index (χ2n) is 8.79. The van der Waals surface area contributed by atoms with Gasteiger partial charge in [-0.2, -0.15) is 0 Å². The molecule has 3 fully saturated rings. The molecule has 0 radical (unpaired) electrons. The van der Waals surface area contributed by atoms with E-state index in [1.54, 1.807) is 44.2 Å². The molecular formula is C21H19K2N3O8S2. The summed E-state index contributed by atoms with van der Waals surface area (Å²) < 4.78 is 38.6. The summed E-state index contributed by atoms with van der Waals surface area (Å²) in [6.45, 7) is 3.38. The van der Waals surface area contributed by atoms with E-state index in [1.165, 1.54) is 27.6 Å². The zero-order chi connectivity index (χ0) is 24.6. The second-order valence-corrected chi connectivity index (χ2v) is 11.9. The van der Waals surface area contributed by atoms with Gasteiger partial charge in [0.15, 0.2) is 10.1 Å². The number of nitrogens with zero attached hydrogens (tertiary/aromatic N) is 2. The Kier molecular flexibility index (Phi) is 9.55. The van der Waals surface area contributed by atoms with Crippen molar-refractivity contribution in [3.8, 4) is 0 Å². The van der Waals surface area contributed by atoms with Gasteiger partial charge in [0.25, 0.3) is 0 Å². The van der Waals surface area contributed by atoms with Gasteiger partial charge in [0.05, 0.1) is 12.0 Å². The summed E-state index contributed by atoms with van der Waals surface area (Å²) in [7, 11) is -4.88.